The number of imidazole rings is 1. The second kappa shape index (κ2) is 38.4. The van der Waals surface area contributed by atoms with E-state index in [-0.39, 0.29) is 163 Å². The van der Waals surface area contributed by atoms with Gasteiger partial charge in [-0.25, -0.2) is 77.2 Å². The zero-order chi connectivity index (χ0) is 97.3. The Morgan fingerprint density at radius 3 is 1.26 bits per heavy atom. The van der Waals surface area contributed by atoms with Crippen molar-refractivity contribution in [2.75, 3.05) is 35.7 Å². The number of ether oxygens (including phenoxy) is 6. The van der Waals surface area contributed by atoms with Crippen molar-refractivity contribution in [3.8, 4) is 74.5 Å². The Labute approximate surface area is 771 Å². The van der Waals surface area contributed by atoms with Gasteiger partial charge in [0, 0.05) is 51.4 Å². The highest BCUT2D eigenvalue weighted by atomic mass is 79.9. The lowest BCUT2D eigenvalue weighted by molar-refractivity contribution is -0.276. The molecule has 46 heteroatoms. The molecule has 20 rings (SSSR count). The van der Waals surface area contributed by atoms with E-state index < -0.39 is 78.9 Å². The zero-order valence-electron chi connectivity index (χ0n) is 71.1. The number of anilines is 5. The van der Waals surface area contributed by atoms with Crippen LogP contribution in [-0.4, -0.2) is 114 Å². The van der Waals surface area contributed by atoms with Gasteiger partial charge in [-0.05, 0) is 143 Å². The van der Waals surface area contributed by atoms with E-state index in [4.69, 9.17) is 65.0 Å². The summed E-state index contributed by atoms with van der Waals surface area (Å²) in [6.07, 6.45) is -9.24. The standard InChI is InChI=1S/C19H14F3N3O4.C19H15F2N3O4.C18H11BrF3N3O4.C18H15FN4O2.C17H13F2N5O2/c1-9-6-7-12(27-9)15-14-16(25-18(23)24-15)13(28-17(14)26)8-10-4-2-3-5-11(10)29-19(20,21)22;1-9-6-7-12(26-9)15-14-16(24-19(22)23-15)13(27-17(14)25)8-10-4-2-3-5-11(10)28-18(20)21;19-12-6-5-10(27-12)14-13-15(25-17(23)24-14)11(28-16(13)26)7-8-3-1-2-4-9(8)29-18(20,21)22;1-23-12(9-10-5-2-3-6-11(10)19)15-14(17(23)24)16(22-18(20)21-15)13-7-4-8-25-13;1-23-14-13(12-3-2-6-26-12)21-16(20)22-15(14)24(17(23)25)8-9-4-5-10(18)7-11(9)19/h2-7,13H,8H2,1H3,(H2,23,24,25);2-7,13,18H,8H2,1H3,(H2,22,23,24);1-6,11H,7H2,(H2,23,24,25);2-8,12H,9H2,1H3,(H2,20,21,22);2-7H,8H2,1H3,(H2,20,21,22). The number of carbonyl (C=O) groups excluding carboxylic acids is 4. The number of hydrogen-bond acceptors (Lipinski definition) is 31. The first-order chi connectivity index (χ1) is 65.3. The molecule has 137 heavy (non-hydrogen) atoms. The largest absolute Gasteiger partial charge is 0.573 e. The van der Waals surface area contributed by atoms with Crippen molar-refractivity contribution in [3.63, 3.8) is 0 Å². The van der Waals surface area contributed by atoms with Gasteiger partial charge in [-0.3, -0.25) is 13.9 Å². The Bertz CT molecular complexity index is 7200. The van der Waals surface area contributed by atoms with Crippen LogP contribution in [0, 0.1) is 31.3 Å². The number of fused-ring (bicyclic) bond motifs is 5. The number of esters is 3. The number of likely N-dealkylation sites (N-methyl/N-ethyl adjacent to an activating group) is 1. The van der Waals surface area contributed by atoms with Gasteiger partial charge in [0.15, 0.2) is 39.1 Å². The van der Waals surface area contributed by atoms with Gasteiger partial charge in [-0.1, -0.05) is 78.9 Å². The predicted octanol–water partition coefficient (Wildman–Crippen LogP) is 17.2. The van der Waals surface area contributed by atoms with E-state index in [1.165, 1.54) is 81.2 Å². The third-order valence-electron chi connectivity index (χ3n) is 21.2. The number of carbonyl (C=O) groups is 4. The number of halogens is 12. The fraction of sp³-hybridized carbons (Fsp3) is 0.176. The third kappa shape index (κ3) is 20.4. The Kier molecular flexibility index (Phi) is 26.2. The number of amides is 1. The lowest BCUT2D eigenvalue weighted by Gasteiger charge is -2.20. The fourth-order valence-corrected chi connectivity index (χ4v) is 15.6. The van der Waals surface area contributed by atoms with Gasteiger partial charge in [0.25, 0.3) is 5.91 Å². The maximum absolute atomic E-state index is 14.0. The second-order valence-electron chi connectivity index (χ2n) is 30.2. The molecule has 4 unspecified atom stereocenters. The van der Waals surface area contributed by atoms with Gasteiger partial charge in [0.1, 0.15) is 132 Å². The van der Waals surface area contributed by atoms with E-state index in [1.54, 1.807) is 137 Å². The van der Waals surface area contributed by atoms with Crippen LogP contribution in [0.2, 0.25) is 0 Å². The van der Waals surface area contributed by atoms with Gasteiger partial charge in [-0.15, -0.1) is 26.3 Å². The van der Waals surface area contributed by atoms with E-state index in [1.807, 2.05) is 0 Å². The first-order valence-corrected chi connectivity index (χ1v) is 41.3. The molecule has 0 saturated heterocycles. The molecule has 0 radical (unpaired) electrons. The van der Waals surface area contributed by atoms with Crippen molar-refractivity contribution in [2.24, 2.45) is 7.05 Å². The summed E-state index contributed by atoms with van der Waals surface area (Å²) in [5.74, 6) is -2.06. The minimum Gasteiger partial charge on any atom is -0.463 e. The highest BCUT2D eigenvalue weighted by Crippen LogP contribution is 2.46. The average Bonchev–Trinajstić information content (AvgIpc) is 1.60. The molecule has 34 nitrogen and oxygen atoms in total. The van der Waals surface area contributed by atoms with E-state index in [2.05, 4.69) is 80.0 Å². The molecule has 1 amide bonds. The number of benzene rings is 5. The molecule has 16 aromatic rings. The average molecular weight is 1960 g/mol. The van der Waals surface area contributed by atoms with Gasteiger partial charge < -0.3 is 84.1 Å². The van der Waals surface area contributed by atoms with Crippen molar-refractivity contribution in [3.05, 3.63) is 305 Å². The van der Waals surface area contributed by atoms with Crippen LogP contribution in [0.3, 0.4) is 0 Å². The van der Waals surface area contributed by atoms with Gasteiger partial charge in [0.2, 0.25) is 29.7 Å². The summed E-state index contributed by atoms with van der Waals surface area (Å²) in [7, 11) is 3.21. The Balaban J connectivity index is 0.000000124. The van der Waals surface area contributed by atoms with Crippen LogP contribution in [0.25, 0.3) is 68.4 Å². The highest BCUT2D eigenvalue weighted by Gasteiger charge is 2.45. The Hall–Kier alpha value is -16.8. The van der Waals surface area contributed by atoms with Crippen LogP contribution >= 0.6 is 15.9 Å². The summed E-state index contributed by atoms with van der Waals surface area (Å²) in [4.78, 5) is 106. The minimum atomic E-state index is -4.85. The number of cyclic esters (lactones) is 3. The quantitative estimate of drug-likeness (QED) is 0.0285. The second-order valence-corrected chi connectivity index (χ2v) is 31.0. The molecule has 4 aliphatic heterocycles. The van der Waals surface area contributed by atoms with Crippen molar-refractivity contribution in [2.45, 2.75) is 89.8 Å². The molecular formula is C91H68BrF11N18O16. The van der Waals surface area contributed by atoms with Gasteiger partial charge >= 0.3 is 42.9 Å². The van der Waals surface area contributed by atoms with Crippen molar-refractivity contribution >= 4 is 80.7 Å². The molecule has 0 bridgehead atoms. The maximum atomic E-state index is 14.0. The Morgan fingerprint density at radius 1 is 0.423 bits per heavy atom. The SMILES string of the molecule is CN1C(=O)c2c(-c3ccco3)nc(N)nc2C1Cc1ccccc1F.Cc1ccc(-c2nc(N)nc3c2C(=O)OC3Cc2ccccc2OC(F)(F)F)o1.Cc1ccc(-c2nc(N)nc3c2C(=O)OC3Cc2ccccc2OC(F)F)o1.Cn1c(=O)n(Cc2ccc(F)cc2F)c2nc(N)nc(-c3ccco3)c21.Nc1nc(-c2ccc(Br)o2)c2c(n1)C(Cc1ccccc1OC(F)(F)F)OC2=O. The summed E-state index contributed by atoms with van der Waals surface area (Å²) in [5, 5.41) is 0. The van der Waals surface area contributed by atoms with Gasteiger partial charge in [-0.2, -0.15) is 13.8 Å². The van der Waals surface area contributed by atoms with Crippen LogP contribution in [0.1, 0.15) is 128 Å². The summed E-state index contributed by atoms with van der Waals surface area (Å²) < 4.78 is 202. The number of alkyl halides is 8. The molecule has 0 fully saturated rings. The van der Waals surface area contributed by atoms with Crippen molar-refractivity contribution in [1.29, 1.82) is 0 Å². The maximum Gasteiger partial charge on any atom is 0.573 e. The number of para-hydroxylation sites is 3. The highest BCUT2D eigenvalue weighted by molar-refractivity contribution is 9.10. The molecule has 702 valence electrons. The van der Waals surface area contributed by atoms with E-state index in [9.17, 15) is 72.3 Å². The number of aryl methyl sites for hydroxylation is 3. The third-order valence-corrected chi connectivity index (χ3v) is 21.6. The van der Waals surface area contributed by atoms with Crippen LogP contribution in [-0.2, 0) is 53.5 Å². The summed E-state index contributed by atoms with van der Waals surface area (Å²) >= 11 is 3.17. The van der Waals surface area contributed by atoms with Crippen molar-refractivity contribution in [1.82, 2.24) is 63.9 Å². The van der Waals surface area contributed by atoms with E-state index in [0.29, 0.717) is 84.9 Å². The topological polar surface area (TPSA) is 479 Å². The molecule has 11 aromatic heterocycles. The molecular weight excluding hydrogens is 1890 g/mol. The van der Waals surface area contributed by atoms with Crippen LogP contribution < -0.4 is 48.6 Å². The first kappa shape index (κ1) is 93.4. The molecule has 4 aliphatic rings. The number of rotatable bonds is 19. The molecule has 4 atom stereocenters. The molecule has 0 aliphatic carbocycles. The van der Waals surface area contributed by atoms with Crippen molar-refractivity contribution < 1.29 is 118 Å². The Morgan fingerprint density at radius 2 is 0.832 bits per heavy atom. The van der Waals surface area contributed by atoms with E-state index in [0.717, 1.165) is 12.1 Å². The number of nitrogens with two attached hydrogens (primary N) is 5. The first-order valence-electron chi connectivity index (χ1n) is 40.5. The number of hydrogen-bond donors (Lipinski definition) is 5. The minimum absolute atomic E-state index is 0.00547. The number of aromatic nitrogens is 12. The fourth-order valence-electron chi connectivity index (χ4n) is 15.3. The molecule has 10 N–H and O–H groups in total. The summed E-state index contributed by atoms with van der Waals surface area (Å²) in [6.45, 7) is 0.393. The molecule has 5 aromatic carbocycles. The normalized spacial score (nSPS) is 15.0. The monoisotopic (exact) mass is 1960 g/mol. The zero-order valence-corrected chi connectivity index (χ0v) is 72.7. The van der Waals surface area contributed by atoms with Crippen LogP contribution in [0.15, 0.2) is 220 Å². The van der Waals surface area contributed by atoms with Crippen LogP contribution in [0.4, 0.5) is 78.0 Å². The lowest BCUT2D eigenvalue weighted by atomic mass is 10.0. The predicted molar refractivity (Wildman–Crippen MR) is 464 cm³/mol. The van der Waals surface area contributed by atoms with Crippen LogP contribution in [0.5, 0.6) is 17.2 Å². The molecule has 15 heterocycles. The number of nitrogens with zero attached hydrogens (tertiary/aromatic N) is 13. The lowest BCUT2D eigenvalue weighted by Crippen LogP contribution is -2.25. The molecule has 0 saturated carbocycles. The number of furan rings is 5. The summed E-state index contributed by atoms with van der Waals surface area (Å²) in [6, 6.07) is 43.5. The van der Waals surface area contributed by atoms with Gasteiger partial charge in [0.05, 0.1) is 36.4 Å². The summed E-state index contributed by atoms with van der Waals surface area (Å²) in [5.41, 5.74) is 33.8. The smallest absolute Gasteiger partial charge is 0.463 e. The molecule has 0 spiro atoms. The number of nitrogen functional groups attached to an aromatic ring is 5. The van der Waals surface area contributed by atoms with E-state index >= 15 is 0 Å².